The van der Waals surface area contributed by atoms with Gasteiger partial charge in [-0.2, -0.15) is 0 Å². The van der Waals surface area contributed by atoms with Crippen LogP contribution in [0.4, 0.5) is 0 Å². The Bertz CT molecular complexity index is 60.0. The maximum absolute atomic E-state index is 8.77. The van der Waals surface area contributed by atoms with Crippen molar-refractivity contribution >= 4 is 7.05 Å². The molecule has 0 radical (unpaired) electrons. The quantitative estimate of drug-likeness (QED) is 0.467. The van der Waals surface area contributed by atoms with Crippen LogP contribution in [0.15, 0.2) is 0 Å². The topological polar surface area (TPSA) is 43.7 Å². The fourth-order valence-electron chi connectivity index (χ4n) is 0.345. The van der Waals surface area contributed by atoms with Gasteiger partial charge in [0.2, 0.25) is 0 Å². The summed E-state index contributed by atoms with van der Waals surface area (Å²) >= 11 is 0. The van der Waals surface area contributed by atoms with Crippen molar-refractivity contribution in [2.45, 2.75) is 6.82 Å². The van der Waals surface area contributed by atoms with Crippen LogP contribution in [0.25, 0.3) is 0 Å². The lowest BCUT2D eigenvalue weighted by molar-refractivity contribution is 0.257. The van der Waals surface area contributed by atoms with Gasteiger partial charge in [0.15, 0.2) is 0 Å². The average Bonchev–Trinajstić information content (AvgIpc) is 1.67. The van der Waals surface area contributed by atoms with Gasteiger partial charge in [-0.3, -0.25) is 0 Å². The Morgan fingerprint density at radius 1 is 1.62 bits per heavy atom. The molecule has 0 unspecified atom stereocenters. The summed E-state index contributed by atoms with van der Waals surface area (Å²) in [5, 5.41) is 17.1. The molecule has 0 aromatic carbocycles. The second kappa shape index (κ2) is 3.89. The van der Waals surface area contributed by atoms with E-state index < -0.39 is 7.05 Å². The third-order valence-corrected chi connectivity index (χ3v) is 1.09. The summed E-state index contributed by atoms with van der Waals surface area (Å²) in [6.07, 6.45) is 0. The smallest absolute Gasteiger partial charge is 0.376 e. The molecular weight excluding hydrogens is 105 g/mol. The molecule has 0 aliphatic carbocycles. The maximum Gasteiger partial charge on any atom is 0.376 e. The van der Waals surface area contributed by atoms with Gasteiger partial charge in [-0.05, 0) is 13.9 Å². The summed E-state index contributed by atoms with van der Waals surface area (Å²) in [6.45, 7) is 2.29. The van der Waals surface area contributed by atoms with Crippen LogP contribution in [-0.4, -0.2) is 42.2 Å². The Hall–Kier alpha value is -0.0551. The maximum atomic E-state index is 8.77. The molecule has 0 aliphatic heterocycles. The lowest BCUT2D eigenvalue weighted by Gasteiger charge is -2.14. The molecule has 0 aromatic rings. The molecule has 0 spiro atoms. The lowest BCUT2D eigenvalue weighted by atomic mass is 9.86. The zero-order valence-corrected chi connectivity index (χ0v) is 5.33. The molecule has 3 nitrogen and oxygen atoms in total. The summed E-state index contributed by atoms with van der Waals surface area (Å²) < 4.78 is 0. The molecular formula is C4H12BNO2. The van der Waals surface area contributed by atoms with E-state index in [1.807, 2.05) is 0 Å². The van der Waals surface area contributed by atoms with E-state index in [9.17, 15) is 0 Å². The monoisotopic (exact) mass is 117 g/mol. The van der Waals surface area contributed by atoms with Gasteiger partial charge in [-0.25, -0.2) is 0 Å². The Balaban J connectivity index is 3.17. The molecule has 0 rings (SSSR count). The molecule has 0 bridgehead atoms. The number of hydrogen-bond acceptors (Lipinski definition) is 3. The summed E-state index contributed by atoms with van der Waals surface area (Å²) in [4.78, 5) is 1.65. The first-order chi connectivity index (χ1) is 3.68. The highest BCUT2D eigenvalue weighted by atomic mass is 16.3. The fourth-order valence-corrected chi connectivity index (χ4v) is 0.345. The minimum absolute atomic E-state index is 0.0986. The number of rotatable bonds is 3. The van der Waals surface area contributed by atoms with Crippen LogP contribution in [0.3, 0.4) is 0 Å². The van der Waals surface area contributed by atoms with Crippen LogP contribution in [0.2, 0.25) is 6.82 Å². The van der Waals surface area contributed by atoms with Gasteiger partial charge in [0.25, 0.3) is 0 Å². The Morgan fingerprint density at radius 2 is 2.12 bits per heavy atom. The molecule has 48 valence electrons. The Labute approximate surface area is 50.1 Å². The molecule has 0 fully saturated rings. The summed E-state index contributed by atoms with van der Waals surface area (Å²) in [5.41, 5.74) is 0. The van der Waals surface area contributed by atoms with Crippen molar-refractivity contribution in [3.8, 4) is 0 Å². The molecule has 0 aliphatic rings. The zero-order valence-electron chi connectivity index (χ0n) is 5.33. The van der Waals surface area contributed by atoms with Crippen LogP contribution < -0.4 is 0 Å². The van der Waals surface area contributed by atoms with Crippen LogP contribution in [0.1, 0.15) is 0 Å². The standard InChI is InChI=1S/C4H12BNO2/c1-5(8)6(2)3-4-7/h7-8H,3-4H2,1-2H3. The van der Waals surface area contributed by atoms with E-state index in [-0.39, 0.29) is 6.61 Å². The highest BCUT2D eigenvalue weighted by Crippen LogP contribution is 1.82. The van der Waals surface area contributed by atoms with E-state index >= 15 is 0 Å². The van der Waals surface area contributed by atoms with E-state index in [0.29, 0.717) is 6.54 Å². The molecule has 0 atom stereocenters. The van der Waals surface area contributed by atoms with Crippen LogP contribution in [-0.2, 0) is 0 Å². The van der Waals surface area contributed by atoms with Crippen molar-refractivity contribution in [3.63, 3.8) is 0 Å². The van der Waals surface area contributed by atoms with Gasteiger partial charge >= 0.3 is 7.05 Å². The van der Waals surface area contributed by atoms with Crippen LogP contribution in [0, 0.1) is 0 Å². The largest absolute Gasteiger partial charge is 0.437 e. The number of likely N-dealkylation sites (N-methyl/N-ethyl adjacent to an activating group) is 1. The van der Waals surface area contributed by atoms with Gasteiger partial charge in [-0.1, -0.05) is 0 Å². The van der Waals surface area contributed by atoms with Crippen molar-refractivity contribution in [2.75, 3.05) is 20.2 Å². The van der Waals surface area contributed by atoms with E-state index in [4.69, 9.17) is 10.1 Å². The first-order valence-corrected chi connectivity index (χ1v) is 2.67. The minimum Gasteiger partial charge on any atom is -0.437 e. The van der Waals surface area contributed by atoms with Crippen molar-refractivity contribution in [3.05, 3.63) is 0 Å². The lowest BCUT2D eigenvalue weighted by Crippen LogP contribution is -2.35. The zero-order chi connectivity index (χ0) is 6.57. The normalized spacial score (nSPS) is 10.1. The predicted octanol–water partition coefficient (Wildman–Crippen LogP) is -0.979. The predicted molar refractivity (Wildman–Crippen MR) is 33.6 cm³/mol. The SMILES string of the molecule is CB(O)N(C)CCO. The third kappa shape index (κ3) is 3.01. The van der Waals surface area contributed by atoms with Crippen molar-refractivity contribution < 1.29 is 10.1 Å². The van der Waals surface area contributed by atoms with E-state index in [1.165, 1.54) is 0 Å². The number of aliphatic hydroxyl groups excluding tert-OH is 1. The number of nitrogens with zero attached hydrogens (tertiary/aromatic N) is 1. The second-order valence-corrected chi connectivity index (χ2v) is 1.84. The molecule has 0 aromatic heterocycles. The van der Waals surface area contributed by atoms with Gasteiger partial charge in [0.05, 0.1) is 6.61 Å². The Kier molecular flexibility index (Phi) is 3.86. The van der Waals surface area contributed by atoms with Crippen molar-refractivity contribution in [2.24, 2.45) is 0 Å². The first kappa shape index (κ1) is 7.94. The number of hydrogen-bond donors (Lipinski definition) is 2. The van der Waals surface area contributed by atoms with Crippen molar-refractivity contribution in [1.82, 2.24) is 4.81 Å². The Morgan fingerprint density at radius 3 is 2.25 bits per heavy atom. The van der Waals surface area contributed by atoms with E-state index in [0.717, 1.165) is 0 Å². The highest BCUT2D eigenvalue weighted by molar-refractivity contribution is 6.45. The third-order valence-electron chi connectivity index (χ3n) is 1.09. The molecule has 0 saturated carbocycles. The average molecular weight is 117 g/mol. The second-order valence-electron chi connectivity index (χ2n) is 1.84. The molecule has 4 heteroatoms. The fraction of sp³-hybridized carbons (Fsp3) is 1.00. The van der Waals surface area contributed by atoms with Gasteiger partial charge in [0.1, 0.15) is 0 Å². The summed E-state index contributed by atoms with van der Waals surface area (Å²) in [7, 11) is 1.29. The molecule has 0 saturated heterocycles. The van der Waals surface area contributed by atoms with E-state index in [2.05, 4.69) is 0 Å². The highest BCUT2D eigenvalue weighted by Gasteiger charge is 2.07. The summed E-state index contributed by atoms with van der Waals surface area (Å²) in [6, 6.07) is 0. The number of aliphatic hydroxyl groups is 1. The van der Waals surface area contributed by atoms with Gasteiger partial charge < -0.3 is 14.9 Å². The van der Waals surface area contributed by atoms with Crippen molar-refractivity contribution in [1.29, 1.82) is 0 Å². The molecule has 8 heavy (non-hydrogen) atoms. The van der Waals surface area contributed by atoms with Gasteiger partial charge in [-0.15, -0.1) is 0 Å². The summed E-state index contributed by atoms with van der Waals surface area (Å²) in [5.74, 6) is 0. The van der Waals surface area contributed by atoms with Gasteiger partial charge in [0, 0.05) is 6.54 Å². The molecule has 2 N–H and O–H groups in total. The van der Waals surface area contributed by atoms with Crippen LogP contribution in [0.5, 0.6) is 0 Å². The van der Waals surface area contributed by atoms with Crippen LogP contribution >= 0.6 is 0 Å². The minimum atomic E-state index is -0.456. The van der Waals surface area contributed by atoms with E-state index in [1.54, 1.807) is 18.7 Å². The molecule has 0 amide bonds. The molecule has 0 heterocycles. The first-order valence-electron chi connectivity index (χ1n) is 2.67.